The predicted molar refractivity (Wildman–Crippen MR) is 135 cm³/mol. The van der Waals surface area contributed by atoms with E-state index in [1.165, 1.54) is 32.1 Å². The summed E-state index contributed by atoms with van der Waals surface area (Å²) in [5, 5.41) is 20.0. The maximum atomic E-state index is 11.1. The third-order valence-corrected chi connectivity index (χ3v) is 11.9. The van der Waals surface area contributed by atoms with Gasteiger partial charge < -0.3 is 10.2 Å². The first kappa shape index (κ1) is 25.0. The molecule has 0 bridgehead atoms. The summed E-state index contributed by atoms with van der Waals surface area (Å²) in [5.74, 6) is 1.73. The number of hydrogen-bond acceptors (Lipinski definition) is 2. The zero-order valence-electron chi connectivity index (χ0n) is 22.2. The first-order valence-corrected chi connectivity index (χ1v) is 13.6. The van der Waals surface area contributed by atoms with Gasteiger partial charge in [-0.05, 0) is 110 Å². The lowest BCUT2D eigenvalue weighted by Gasteiger charge is -2.68. The Labute approximate surface area is 202 Å². The molecule has 0 heterocycles. The lowest BCUT2D eigenvalue weighted by Crippen LogP contribution is -2.62. The van der Waals surface area contributed by atoms with Gasteiger partial charge in [0.25, 0.3) is 0 Å². The maximum Gasteiger partial charge on any atom is 0.330 e. The molecule has 4 aliphatic carbocycles. The van der Waals surface area contributed by atoms with Crippen molar-refractivity contribution in [3.05, 3.63) is 23.3 Å². The van der Waals surface area contributed by atoms with Crippen LogP contribution in [0.1, 0.15) is 106 Å². The first-order valence-electron chi connectivity index (χ1n) is 13.6. The van der Waals surface area contributed by atoms with E-state index in [1.807, 2.05) is 6.08 Å². The molecule has 8 atom stereocenters. The van der Waals surface area contributed by atoms with E-state index in [4.69, 9.17) is 5.11 Å². The van der Waals surface area contributed by atoms with Crippen LogP contribution in [0.4, 0.5) is 0 Å². The molecule has 0 aromatic carbocycles. The van der Waals surface area contributed by atoms with Crippen molar-refractivity contribution in [2.24, 2.45) is 45.3 Å². The average Bonchev–Trinajstić information content (AvgIpc) is 3.09. The molecule has 8 unspecified atom stereocenters. The van der Waals surface area contributed by atoms with E-state index >= 15 is 0 Å². The van der Waals surface area contributed by atoms with E-state index in [0.717, 1.165) is 25.7 Å². The molecule has 4 rings (SSSR count). The fourth-order valence-electron chi connectivity index (χ4n) is 9.56. The highest BCUT2D eigenvalue weighted by Gasteiger charge is 2.66. The second-order valence-corrected chi connectivity index (χ2v) is 13.6. The van der Waals surface area contributed by atoms with E-state index < -0.39 is 5.97 Å². The number of hydrogen-bond donors (Lipinski definition) is 2. The van der Waals surface area contributed by atoms with Crippen LogP contribution >= 0.6 is 0 Å². The topological polar surface area (TPSA) is 57.5 Å². The van der Waals surface area contributed by atoms with Gasteiger partial charge >= 0.3 is 5.97 Å². The summed E-state index contributed by atoms with van der Waals surface area (Å²) >= 11 is 0. The van der Waals surface area contributed by atoms with Crippen LogP contribution in [0.5, 0.6) is 0 Å². The van der Waals surface area contributed by atoms with Gasteiger partial charge in [0.2, 0.25) is 0 Å². The van der Waals surface area contributed by atoms with Gasteiger partial charge in [0.15, 0.2) is 0 Å². The Morgan fingerprint density at radius 3 is 2.45 bits per heavy atom. The van der Waals surface area contributed by atoms with E-state index in [9.17, 15) is 9.90 Å². The monoisotopic (exact) mass is 456 g/mol. The van der Waals surface area contributed by atoms with Crippen LogP contribution in [0.2, 0.25) is 0 Å². The Kier molecular flexibility index (Phi) is 6.25. The normalized spacial score (nSPS) is 45.5. The molecule has 0 saturated heterocycles. The minimum absolute atomic E-state index is 0.00749. The van der Waals surface area contributed by atoms with Crippen molar-refractivity contribution in [2.45, 2.75) is 112 Å². The van der Waals surface area contributed by atoms with Crippen LogP contribution in [0.3, 0.4) is 0 Å². The van der Waals surface area contributed by atoms with Gasteiger partial charge in [-0.2, -0.15) is 0 Å². The van der Waals surface area contributed by atoms with Gasteiger partial charge in [0.05, 0.1) is 6.10 Å². The number of allylic oxidation sites excluding steroid dienone is 3. The van der Waals surface area contributed by atoms with Crippen molar-refractivity contribution in [1.29, 1.82) is 0 Å². The molecular weight excluding hydrogens is 408 g/mol. The molecule has 3 fully saturated rings. The van der Waals surface area contributed by atoms with Crippen LogP contribution < -0.4 is 0 Å². The van der Waals surface area contributed by atoms with Crippen LogP contribution in [0.15, 0.2) is 23.3 Å². The first-order chi connectivity index (χ1) is 15.3. The number of aliphatic hydroxyl groups is 1. The number of rotatable bonds is 5. The molecular formula is C30H48O3. The van der Waals surface area contributed by atoms with Crippen molar-refractivity contribution in [3.8, 4) is 0 Å². The van der Waals surface area contributed by atoms with Crippen LogP contribution in [-0.4, -0.2) is 22.3 Å². The molecule has 0 radical (unpaired) electrons. The zero-order valence-corrected chi connectivity index (χ0v) is 22.2. The van der Waals surface area contributed by atoms with E-state index in [2.05, 4.69) is 47.6 Å². The minimum Gasteiger partial charge on any atom is -0.478 e. The minimum atomic E-state index is -0.799. The number of carbonyl (C=O) groups is 1. The molecule has 3 heteroatoms. The highest BCUT2D eigenvalue weighted by atomic mass is 16.4. The summed E-state index contributed by atoms with van der Waals surface area (Å²) in [7, 11) is 0. The van der Waals surface area contributed by atoms with Gasteiger partial charge in [-0.25, -0.2) is 4.79 Å². The number of carboxylic acid groups (broad SMARTS) is 1. The largest absolute Gasteiger partial charge is 0.478 e. The molecule has 186 valence electrons. The average molecular weight is 457 g/mol. The van der Waals surface area contributed by atoms with Gasteiger partial charge in [0, 0.05) is 5.57 Å². The van der Waals surface area contributed by atoms with Crippen LogP contribution in [-0.2, 0) is 4.79 Å². The Morgan fingerprint density at radius 1 is 1.09 bits per heavy atom. The molecule has 3 saturated carbocycles. The van der Waals surface area contributed by atoms with Crippen LogP contribution in [0, 0.1) is 45.3 Å². The van der Waals surface area contributed by atoms with Crippen molar-refractivity contribution in [2.75, 3.05) is 0 Å². The van der Waals surface area contributed by atoms with Crippen LogP contribution in [0.25, 0.3) is 0 Å². The van der Waals surface area contributed by atoms with Gasteiger partial charge in [0.1, 0.15) is 0 Å². The molecule has 0 spiro atoms. The molecule has 3 nitrogen and oxygen atoms in total. The van der Waals surface area contributed by atoms with Gasteiger partial charge in [-0.3, -0.25) is 0 Å². The van der Waals surface area contributed by atoms with E-state index in [1.54, 1.807) is 12.5 Å². The highest BCUT2D eigenvalue weighted by molar-refractivity contribution is 5.85. The number of aliphatic carboxylic acids is 1. The van der Waals surface area contributed by atoms with Crippen molar-refractivity contribution >= 4 is 5.97 Å². The smallest absolute Gasteiger partial charge is 0.330 e. The summed E-state index contributed by atoms with van der Waals surface area (Å²) in [5.41, 5.74) is 3.11. The predicted octanol–water partition coefficient (Wildman–Crippen LogP) is 7.40. The number of fused-ring (bicyclic) bond motifs is 5. The maximum absolute atomic E-state index is 11.1. The summed E-state index contributed by atoms with van der Waals surface area (Å²) in [6.45, 7) is 16.5. The Morgan fingerprint density at radius 2 is 1.79 bits per heavy atom. The quantitative estimate of drug-likeness (QED) is 0.335. The standard InChI is InChI=1S/C30H48O3/c1-19(9-8-10-20(2)26(32)33)21-13-17-29(6)22(21)11-12-24-28(5)16-15-25(31)27(3,4)23(28)14-18-30(24,29)7/h10-11,19,21,23-25,31H,8-9,12-18H2,1-7H3,(H,32,33). The van der Waals surface area contributed by atoms with Crippen molar-refractivity contribution < 1.29 is 15.0 Å². The Bertz CT molecular complexity index is 853. The van der Waals surface area contributed by atoms with Gasteiger partial charge in [-0.15, -0.1) is 0 Å². The van der Waals surface area contributed by atoms with E-state index in [0.29, 0.717) is 40.1 Å². The molecule has 0 aromatic rings. The molecule has 0 aromatic heterocycles. The lowest BCUT2D eigenvalue weighted by atomic mass is 9.37. The Balaban J connectivity index is 1.59. The summed E-state index contributed by atoms with van der Waals surface area (Å²) in [4.78, 5) is 11.1. The molecule has 2 N–H and O–H groups in total. The second-order valence-electron chi connectivity index (χ2n) is 13.6. The molecule has 0 aliphatic heterocycles. The van der Waals surface area contributed by atoms with E-state index in [-0.39, 0.29) is 16.9 Å². The summed E-state index contributed by atoms with van der Waals surface area (Å²) in [6.07, 6.45) is 14.7. The third kappa shape index (κ3) is 3.58. The fraction of sp³-hybridized carbons (Fsp3) is 0.833. The third-order valence-electron chi connectivity index (χ3n) is 11.9. The van der Waals surface area contributed by atoms with Gasteiger partial charge in [-0.1, -0.05) is 59.3 Å². The summed E-state index contributed by atoms with van der Waals surface area (Å²) in [6, 6.07) is 0. The molecule has 33 heavy (non-hydrogen) atoms. The number of carboxylic acids is 1. The summed E-state index contributed by atoms with van der Waals surface area (Å²) < 4.78 is 0. The van der Waals surface area contributed by atoms with Crippen molar-refractivity contribution in [3.63, 3.8) is 0 Å². The zero-order chi connectivity index (χ0) is 24.4. The fourth-order valence-corrected chi connectivity index (χ4v) is 9.56. The molecule has 0 amide bonds. The molecule has 4 aliphatic rings. The lowest BCUT2D eigenvalue weighted by molar-refractivity contribution is -0.193. The second kappa shape index (κ2) is 8.25. The Hall–Kier alpha value is -1.09. The number of aliphatic hydroxyl groups excluding tert-OH is 1. The SMILES string of the molecule is CC(=CCCC(C)C1CCC2(C)C1=CCC1C3(C)CCC(O)C(C)(C)C3CCC12C)C(=O)O. The highest BCUT2D eigenvalue weighted by Crippen LogP contribution is 2.74. The van der Waals surface area contributed by atoms with Crippen molar-refractivity contribution in [1.82, 2.24) is 0 Å².